The maximum absolute atomic E-state index is 5.43. The molecule has 3 heteroatoms. The second kappa shape index (κ2) is 7.79. The Morgan fingerprint density at radius 1 is 1.24 bits per heavy atom. The molecule has 2 nitrogen and oxygen atoms in total. The van der Waals surface area contributed by atoms with E-state index in [1.54, 1.807) is 18.9 Å². The number of para-hydroxylation sites is 1. The highest BCUT2D eigenvalue weighted by molar-refractivity contribution is 7.99. The average Bonchev–Trinajstić information content (AvgIpc) is 2.52. The Morgan fingerprint density at radius 2 is 2.05 bits per heavy atom. The SMILES string of the molecule is C=CCSc1ccccc1NCc1cc(C)ccc1OC. The number of benzene rings is 2. The molecule has 0 radical (unpaired) electrons. The third-order valence-corrected chi connectivity index (χ3v) is 4.22. The van der Waals surface area contributed by atoms with Gasteiger partial charge in [0.15, 0.2) is 0 Å². The average molecular weight is 299 g/mol. The van der Waals surface area contributed by atoms with Gasteiger partial charge in [-0.3, -0.25) is 0 Å². The number of ether oxygens (including phenoxy) is 1. The largest absolute Gasteiger partial charge is 0.496 e. The summed E-state index contributed by atoms with van der Waals surface area (Å²) in [5.41, 5.74) is 3.55. The molecular weight excluding hydrogens is 278 g/mol. The van der Waals surface area contributed by atoms with Crippen LogP contribution in [0.25, 0.3) is 0 Å². The Labute approximate surface area is 131 Å². The van der Waals surface area contributed by atoms with Crippen LogP contribution >= 0.6 is 11.8 Å². The quantitative estimate of drug-likeness (QED) is 0.581. The standard InChI is InChI=1S/C18H21NOS/c1-4-11-21-18-8-6-5-7-16(18)19-13-15-12-14(2)9-10-17(15)20-3/h4-10,12,19H,1,11,13H2,2-3H3. The van der Waals surface area contributed by atoms with Gasteiger partial charge in [0.05, 0.1) is 7.11 Å². The van der Waals surface area contributed by atoms with Gasteiger partial charge in [-0.15, -0.1) is 18.3 Å². The molecule has 0 aliphatic carbocycles. The molecular formula is C18H21NOS. The van der Waals surface area contributed by atoms with E-state index in [4.69, 9.17) is 4.74 Å². The van der Waals surface area contributed by atoms with Gasteiger partial charge >= 0.3 is 0 Å². The van der Waals surface area contributed by atoms with Gasteiger partial charge in [-0.05, 0) is 25.1 Å². The second-order valence-electron chi connectivity index (χ2n) is 4.76. The predicted molar refractivity (Wildman–Crippen MR) is 92.4 cm³/mol. The van der Waals surface area contributed by atoms with Crippen molar-refractivity contribution >= 4 is 17.4 Å². The smallest absolute Gasteiger partial charge is 0.123 e. The molecule has 0 bridgehead atoms. The van der Waals surface area contributed by atoms with Gasteiger partial charge < -0.3 is 10.1 Å². The number of methoxy groups -OCH3 is 1. The summed E-state index contributed by atoms with van der Waals surface area (Å²) >= 11 is 1.78. The van der Waals surface area contributed by atoms with Gasteiger partial charge in [-0.25, -0.2) is 0 Å². The minimum Gasteiger partial charge on any atom is -0.496 e. The monoisotopic (exact) mass is 299 g/mol. The Morgan fingerprint density at radius 3 is 2.81 bits per heavy atom. The van der Waals surface area contributed by atoms with E-state index >= 15 is 0 Å². The molecule has 0 atom stereocenters. The second-order valence-corrected chi connectivity index (χ2v) is 5.83. The lowest BCUT2D eigenvalue weighted by Gasteiger charge is -2.14. The molecule has 0 aliphatic heterocycles. The van der Waals surface area contributed by atoms with Crippen molar-refractivity contribution in [2.45, 2.75) is 18.4 Å². The van der Waals surface area contributed by atoms with Gasteiger partial charge in [-0.1, -0.05) is 35.9 Å². The van der Waals surface area contributed by atoms with Crippen LogP contribution in [0.15, 0.2) is 60.0 Å². The molecule has 0 aliphatic rings. The Kier molecular flexibility index (Phi) is 5.76. The van der Waals surface area contributed by atoms with Crippen LogP contribution in [0, 0.1) is 6.92 Å². The summed E-state index contributed by atoms with van der Waals surface area (Å²) in [6.07, 6.45) is 1.92. The molecule has 0 unspecified atom stereocenters. The van der Waals surface area contributed by atoms with Gasteiger partial charge in [0.25, 0.3) is 0 Å². The molecule has 2 aromatic carbocycles. The van der Waals surface area contributed by atoms with E-state index in [2.05, 4.69) is 49.2 Å². The first-order chi connectivity index (χ1) is 10.2. The Bertz CT molecular complexity index is 610. The minimum absolute atomic E-state index is 0.747. The van der Waals surface area contributed by atoms with E-state index < -0.39 is 0 Å². The van der Waals surface area contributed by atoms with Crippen LogP contribution in [-0.4, -0.2) is 12.9 Å². The molecule has 0 saturated heterocycles. The lowest BCUT2D eigenvalue weighted by atomic mass is 10.1. The van der Waals surface area contributed by atoms with E-state index in [9.17, 15) is 0 Å². The Balaban J connectivity index is 2.13. The predicted octanol–water partition coefficient (Wildman–Crippen LogP) is 4.89. The molecule has 0 aromatic heterocycles. The van der Waals surface area contributed by atoms with Crippen LogP contribution in [0.5, 0.6) is 5.75 Å². The summed E-state index contributed by atoms with van der Waals surface area (Å²) in [6, 6.07) is 14.6. The van der Waals surface area contributed by atoms with E-state index in [1.807, 2.05) is 18.2 Å². The molecule has 0 amide bonds. The topological polar surface area (TPSA) is 21.3 Å². The maximum Gasteiger partial charge on any atom is 0.123 e. The van der Waals surface area contributed by atoms with Gasteiger partial charge in [0.2, 0.25) is 0 Å². The van der Waals surface area contributed by atoms with Crippen LogP contribution in [0.3, 0.4) is 0 Å². The third-order valence-electron chi connectivity index (χ3n) is 3.15. The molecule has 0 heterocycles. The van der Waals surface area contributed by atoms with Crippen LogP contribution < -0.4 is 10.1 Å². The molecule has 0 saturated carbocycles. The number of nitrogens with one attached hydrogen (secondary N) is 1. The zero-order valence-electron chi connectivity index (χ0n) is 12.6. The fourth-order valence-corrected chi connectivity index (χ4v) is 2.89. The fraction of sp³-hybridized carbons (Fsp3) is 0.222. The molecule has 0 fully saturated rings. The summed E-state index contributed by atoms with van der Waals surface area (Å²) in [5.74, 6) is 1.83. The summed E-state index contributed by atoms with van der Waals surface area (Å²) in [7, 11) is 1.71. The van der Waals surface area contributed by atoms with Crippen LogP contribution in [0.2, 0.25) is 0 Å². The number of hydrogen-bond acceptors (Lipinski definition) is 3. The van der Waals surface area contributed by atoms with Crippen molar-refractivity contribution in [2.24, 2.45) is 0 Å². The van der Waals surface area contributed by atoms with E-state index in [0.29, 0.717) is 0 Å². The van der Waals surface area contributed by atoms with Crippen molar-refractivity contribution in [3.05, 3.63) is 66.2 Å². The van der Waals surface area contributed by atoms with Gasteiger partial charge in [0, 0.05) is 28.4 Å². The normalized spacial score (nSPS) is 10.2. The molecule has 1 N–H and O–H groups in total. The van der Waals surface area contributed by atoms with Crippen molar-refractivity contribution in [2.75, 3.05) is 18.2 Å². The van der Waals surface area contributed by atoms with Crippen LogP contribution in [0.1, 0.15) is 11.1 Å². The molecule has 110 valence electrons. The first-order valence-corrected chi connectivity index (χ1v) is 7.93. The number of rotatable bonds is 7. The van der Waals surface area contributed by atoms with E-state index in [0.717, 1.165) is 23.7 Å². The highest BCUT2D eigenvalue weighted by Gasteiger charge is 2.05. The minimum atomic E-state index is 0.747. The molecule has 0 spiro atoms. The molecule has 2 aromatic rings. The lowest BCUT2D eigenvalue weighted by Crippen LogP contribution is -2.03. The van der Waals surface area contributed by atoms with Crippen molar-refractivity contribution in [3.8, 4) is 5.75 Å². The lowest BCUT2D eigenvalue weighted by molar-refractivity contribution is 0.410. The number of hydrogen-bond donors (Lipinski definition) is 1. The number of anilines is 1. The Hall–Kier alpha value is -1.87. The third kappa shape index (κ3) is 4.30. The maximum atomic E-state index is 5.43. The van der Waals surface area contributed by atoms with Gasteiger partial charge in [0.1, 0.15) is 5.75 Å². The highest BCUT2D eigenvalue weighted by atomic mass is 32.2. The van der Waals surface area contributed by atoms with Crippen molar-refractivity contribution < 1.29 is 4.74 Å². The fourth-order valence-electron chi connectivity index (χ4n) is 2.12. The van der Waals surface area contributed by atoms with Crippen LogP contribution in [0.4, 0.5) is 5.69 Å². The van der Waals surface area contributed by atoms with E-state index in [-0.39, 0.29) is 0 Å². The highest BCUT2D eigenvalue weighted by Crippen LogP contribution is 2.28. The number of aryl methyl sites for hydroxylation is 1. The van der Waals surface area contributed by atoms with Crippen molar-refractivity contribution in [1.29, 1.82) is 0 Å². The first kappa shape index (κ1) is 15.5. The zero-order valence-corrected chi connectivity index (χ0v) is 13.4. The van der Waals surface area contributed by atoms with Gasteiger partial charge in [-0.2, -0.15) is 0 Å². The summed E-state index contributed by atoms with van der Waals surface area (Å²) in [4.78, 5) is 1.24. The summed E-state index contributed by atoms with van der Waals surface area (Å²) in [6.45, 7) is 6.61. The molecule has 2 rings (SSSR count). The van der Waals surface area contributed by atoms with E-state index in [1.165, 1.54) is 16.0 Å². The summed E-state index contributed by atoms with van der Waals surface area (Å²) < 4.78 is 5.43. The van der Waals surface area contributed by atoms with Crippen molar-refractivity contribution in [1.82, 2.24) is 0 Å². The van der Waals surface area contributed by atoms with Crippen LogP contribution in [-0.2, 0) is 6.54 Å². The first-order valence-electron chi connectivity index (χ1n) is 6.94. The summed E-state index contributed by atoms with van der Waals surface area (Å²) in [5, 5.41) is 3.51. The van der Waals surface area contributed by atoms with Crippen molar-refractivity contribution in [3.63, 3.8) is 0 Å². The molecule has 21 heavy (non-hydrogen) atoms. The zero-order chi connectivity index (χ0) is 15.1. The number of thioether (sulfide) groups is 1.